The second-order valence-electron chi connectivity index (χ2n) is 10.5. The number of unbranched alkanes of at least 4 members (excludes halogenated alkanes) is 5. The maximum atomic E-state index is 11.5. The van der Waals surface area contributed by atoms with Gasteiger partial charge in [0.1, 0.15) is 5.75 Å². The third-order valence-electron chi connectivity index (χ3n) is 7.30. The lowest BCUT2D eigenvalue weighted by Crippen LogP contribution is -2.36. The van der Waals surface area contributed by atoms with Crippen LogP contribution >= 0.6 is 19.6 Å². The van der Waals surface area contributed by atoms with Crippen LogP contribution in [-0.2, 0) is 11.1 Å². The lowest BCUT2D eigenvalue weighted by atomic mass is 10.0. The number of carbonyl (C=O) groups excluding carboxylic acids is 1. The van der Waals surface area contributed by atoms with Crippen molar-refractivity contribution in [1.82, 2.24) is 16.0 Å². The summed E-state index contributed by atoms with van der Waals surface area (Å²) >= 11 is 1.99. The summed E-state index contributed by atoms with van der Waals surface area (Å²) in [6, 6.07) is 11.7. The summed E-state index contributed by atoms with van der Waals surface area (Å²) in [5.74, 6) is 1.22. The van der Waals surface area contributed by atoms with Crippen LogP contribution in [0.1, 0.15) is 56.9 Å². The van der Waals surface area contributed by atoms with E-state index in [1.807, 2.05) is 53.0 Å². The summed E-state index contributed by atoms with van der Waals surface area (Å²) in [4.78, 5) is 30.0. The molecule has 2 fully saturated rings. The van der Waals surface area contributed by atoms with Crippen molar-refractivity contribution in [3.63, 3.8) is 0 Å². The standard InChI is InChI=1S/C28H42N5O5PS/c34-28-31-24-21-40-26(27(24)32-28)11-5-3-7-15-29-14-6-1-2-8-16-30-23-12-13-25(38-39(35,36)37)22(19-23)20-33-17-9-4-10-18-33/h4,9-10,12-13,17-19,24,26-27,29-30H,1-3,5-8,11,14-16,20-21H2,(H3-,31,32,34,35,36,37)/p+1. The maximum Gasteiger partial charge on any atom is 0.524 e. The number of hydrogen-bond donors (Lipinski definition) is 6. The fraction of sp³-hybridized carbons (Fsp3) is 0.571. The molecular formula is C28H43N5O5PS+. The lowest BCUT2D eigenvalue weighted by molar-refractivity contribution is -0.688. The van der Waals surface area contributed by atoms with Gasteiger partial charge >= 0.3 is 13.9 Å². The maximum absolute atomic E-state index is 11.5. The van der Waals surface area contributed by atoms with E-state index in [1.165, 1.54) is 38.5 Å². The first-order valence-electron chi connectivity index (χ1n) is 14.3. The molecule has 3 heterocycles. The predicted molar refractivity (Wildman–Crippen MR) is 159 cm³/mol. The van der Waals surface area contributed by atoms with Gasteiger partial charge in [-0.1, -0.05) is 31.7 Å². The van der Waals surface area contributed by atoms with Crippen LogP contribution in [-0.4, -0.2) is 58.5 Å². The van der Waals surface area contributed by atoms with Gasteiger partial charge in [-0.25, -0.2) is 13.9 Å². The molecule has 40 heavy (non-hydrogen) atoms. The van der Waals surface area contributed by atoms with Crippen molar-refractivity contribution in [1.29, 1.82) is 0 Å². The summed E-state index contributed by atoms with van der Waals surface area (Å²) in [6.07, 6.45) is 13.2. The van der Waals surface area contributed by atoms with Crippen LogP contribution in [0, 0.1) is 0 Å². The minimum Gasteiger partial charge on any atom is -0.404 e. The van der Waals surface area contributed by atoms with Gasteiger partial charge in [0.05, 0.1) is 17.6 Å². The third kappa shape index (κ3) is 10.3. The van der Waals surface area contributed by atoms with E-state index < -0.39 is 7.82 Å². The van der Waals surface area contributed by atoms with Crippen LogP contribution < -0.4 is 30.4 Å². The zero-order valence-corrected chi connectivity index (χ0v) is 24.7. The summed E-state index contributed by atoms with van der Waals surface area (Å²) in [5.41, 5.74) is 1.60. The van der Waals surface area contributed by atoms with Gasteiger partial charge < -0.3 is 25.8 Å². The number of urea groups is 1. The molecule has 2 amide bonds. The van der Waals surface area contributed by atoms with Gasteiger partial charge in [-0.3, -0.25) is 9.79 Å². The highest BCUT2D eigenvalue weighted by molar-refractivity contribution is 8.00. The third-order valence-corrected chi connectivity index (χ3v) is 9.24. The monoisotopic (exact) mass is 592 g/mol. The Balaban J connectivity index is 1.03. The summed E-state index contributed by atoms with van der Waals surface area (Å²) in [5, 5.41) is 13.6. The number of amides is 2. The first-order valence-corrected chi connectivity index (χ1v) is 16.9. The van der Waals surface area contributed by atoms with Crippen molar-refractivity contribution in [3.05, 3.63) is 54.4 Å². The smallest absolute Gasteiger partial charge is 0.404 e. The van der Waals surface area contributed by atoms with Crippen molar-refractivity contribution in [2.45, 2.75) is 75.2 Å². The number of phosphoric acid groups is 1. The molecule has 2 saturated heterocycles. The van der Waals surface area contributed by atoms with E-state index in [0.29, 0.717) is 29.4 Å². The number of anilines is 1. The molecule has 0 bridgehead atoms. The Morgan fingerprint density at radius 3 is 2.45 bits per heavy atom. The number of rotatable bonds is 18. The van der Waals surface area contributed by atoms with Crippen LogP contribution in [0.15, 0.2) is 48.8 Å². The molecule has 10 nitrogen and oxygen atoms in total. The van der Waals surface area contributed by atoms with E-state index in [0.717, 1.165) is 43.9 Å². The number of benzene rings is 1. The summed E-state index contributed by atoms with van der Waals surface area (Å²) in [6.45, 7) is 3.39. The van der Waals surface area contributed by atoms with E-state index >= 15 is 0 Å². The number of nitrogens with zero attached hydrogens (tertiary/aromatic N) is 1. The molecule has 6 N–H and O–H groups in total. The van der Waals surface area contributed by atoms with Gasteiger partial charge in [-0.15, -0.1) is 0 Å². The molecular weight excluding hydrogens is 549 g/mol. The lowest BCUT2D eigenvalue weighted by Gasteiger charge is -2.16. The van der Waals surface area contributed by atoms with Gasteiger partial charge in [0.25, 0.3) is 0 Å². The fourth-order valence-electron chi connectivity index (χ4n) is 5.27. The van der Waals surface area contributed by atoms with Gasteiger partial charge in [-0.2, -0.15) is 11.8 Å². The highest BCUT2D eigenvalue weighted by Crippen LogP contribution is 2.39. The molecule has 1 aromatic heterocycles. The van der Waals surface area contributed by atoms with Gasteiger partial charge in [0.15, 0.2) is 18.9 Å². The zero-order valence-electron chi connectivity index (χ0n) is 23.0. The number of pyridine rings is 1. The first-order chi connectivity index (χ1) is 19.4. The highest BCUT2D eigenvalue weighted by atomic mass is 32.2. The number of phosphoric ester groups is 1. The average Bonchev–Trinajstić information content (AvgIpc) is 3.47. The topological polar surface area (TPSA) is 136 Å². The molecule has 3 unspecified atom stereocenters. The number of nitrogens with one attached hydrogen (secondary N) is 4. The molecule has 1 aromatic carbocycles. The Kier molecular flexibility index (Phi) is 12.0. The average molecular weight is 593 g/mol. The van der Waals surface area contributed by atoms with E-state index in [-0.39, 0.29) is 11.8 Å². The summed E-state index contributed by atoms with van der Waals surface area (Å²) in [7, 11) is -4.64. The van der Waals surface area contributed by atoms with E-state index in [1.54, 1.807) is 12.1 Å². The normalized spacial score (nSPS) is 20.1. The largest absolute Gasteiger partial charge is 0.524 e. The molecule has 2 aromatic rings. The van der Waals surface area contributed by atoms with Crippen LogP contribution in [0.25, 0.3) is 0 Å². The molecule has 0 saturated carbocycles. The molecule has 2 aliphatic heterocycles. The van der Waals surface area contributed by atoms with Crippen LogP contribution in [0.2, 0.25) is 0 Å². The number of aromatic nitrogens is 1. The quantitative estimate of drug-likeness (QED) is 0.0667. The Bertz CT molecular complexity index is 1120. The number of hydrogen-bond acceptors (Lipinski definition) is 6. The molecule has 0 aliphatic carbocycles. The van der Waals surface area contributed by atoms with Crippen molar-refractivity contribution >= 4 is 31.3 Å². The van der Waals surface area contributed by atoms with Crippen molar-refractivity contribution in [2.75, 3.05) is 30.7 Å². The second-order valence-corrected chi connectivity index (χ2v) is 13.0. The Morgan fingerprint density at radius 1 is 0.975 bits per heavy atom. The van der Waals surface area contributed by atoms with E-state index in [9.17, 15) is 19.1 Å². The molecule has 0 radical (unpaired) electrons. The van der Waals surface area contributed by atoms with Crippen LogP contribution in [0.3, 0.4) is 0 Å². The van der Waals surface area contributed by atoms with Crippen LogP contribution in [0.4, 0.5) is 10.5 Å². The fourth-order valence-corrected chi connectivity index (χ4v) is 7.25. The van der Waals surface area contributed by atoms with Crippen LogP contribution in [0.5, 0.6) is 5.75 Å². The highest BCUT2D eigenvalue weighted by Gasteiger charge is 2.42. The predicted octanol–water partition coefficient (Wildman–Crippen LogP) is 3.78. The summed E-state index contributed by atoms with van der Waals surface area (Å²) < 4.78 is 18.3. The Hall–Kier alpha value is -2.30. The van der Waals surface area contributed by atoms with E-state index in [2.05, 4.69) is 21.3 Å². The molecule has 12 heteroatoms. The number of carbonyl (C=O) groups is 1. The van der Waals surface area contributed by atoms with Gasteiger partial charge in [0.2, 0.25) is 0 Å². The van der Waals surface area contributed by atoms with E-state index in [4.69, 9.17) is 4.52 Å². The zero-order chi connectivity index (χ0) is 28.2. The Morgan fingerprint density at radius 2 is 1.70 bits per heavy atom. The minimum absolute atomic E-state index is 0.00318. The molecule has 4 rings (SSSR count). The number of thioether (sulfide) groups is 1. The molecule has 220 valence electrons. The number of fused-ring (bicyclic) bond motifs is 1. The second kappa shape index (κ2) is 15.6. The first kappa shape index (κ1) is 30.7. The minimum atomic E-state index is -4.64. The van der Waals surface area contributed by atoms with Gasteiger partial charge in [-0.05, 0) is 57.0 Å². The van der Waals surface area contributed by atoms with Crippen molar-refractivity contribution in [2.24, 2.45) is 0 Å². The molecule has 3 atom stereocenters. The van der Waals surface area contributed by atoms with Crippen molar-refractivity contribution < 1.29 is 28.2 Å². The molecule has 2 aliphatic rings. The van der Waals surface area contributed by atoms with Gasteiger partial charge in [0, 0.05) is 35.4 Å². The molecule has 0 spiro atoms. The Labute approximate surface area is 241 Å². The SMILES string of the molecule is O=C1NC2CSC(CCCCCNCCCCCCNc3ccc(OP(=O)(O)O)c(C[n+]4ccccc4)c3)C2N1. The van der Waals surface area contributed by atoms with Crippen molar-refractivity contribution in [3.8, 4) is 5.75 Å².